The van der Waals surface area contributed by atoms with E-state index in [2.05, 4.69) is 4.98 Å². The van der Waals surface area contributed by atoms with E-state index in [1.165, 1.54) is 0 Å². The van der Waals surface area contributed by atoms with Gasteiger partial charge in [-0.15, -0.1) is 0 Å². The summed E-state index contributed by atoms with van der Waals surface area (Å²) in [6.07, 6.45) is 0. The third-order valence-electron chi connectivity index (χ3n) is 2.02. The minimum Gasteiger partial charge on any atom is -0.543 e. The Morgan fingerprint density at radius 2 is 1.75 bits per heavy atom. The van der Waals surface area contributed by atoms with Crippen LogP contribution in [-0.2, 0) is 0 Å². The molecule has 0 saturated carbocycles. The van der Waals surface area contributed by atoms with Crippen molar-refractivity contribution >= 4 is 5.97 Å². The second-order valence-corrected chi connectivity index (χ2v) is 2.66. The van der Waals surface area contributed by atoms with Crippen LogP contribution in [0.1, 0.15) is 27.3 Å². The first kappa shape index (κ1) is 12.4. The van der Waals surface area contributed by atoms with Crippen LogP contribution in [0.25, 0.3) is 0 Å². The Hall–Kier alpha value is 0.386. The van der Waals surface area contributed by atoms with Crippen LogP contribution in [0.15, 0.2) is 0 Å². The van der Waals surface area contributed by atoms with E-state index < -0.39 is 5.97 Å². The summed E-state index contributed by atoms with van der Waals surface area (Å²) in [6.45, 7) is 5.49. The molecule has 0 amide bonds. The van der Waals surface area contributed by atoms with Crippen molar-refractivity contribution in [2.45, 2.75) is 20.8 Å². The maximum Gasteiger partial charge on any atom is 1.00 e. The summed E-state index contributed by atoms with van der Waals surface area (Å²) in [4.78, 5) is 13.2. The maximum absolute atomic E-state index is 10.4. The quantitative estimate of drug-likeness (QED) is 0.491. The van der Waals surface area contributed by atoms with E-state index in [0.717, 1.165) is 16.8 Å². The van der Waals surface area contributed by atoms with Gasteiger partial charge in [0.1, 0.15) is 0 Å². The van der Waals surface area contributed by atoms with Crippen LogP contribution in [0.4, 0.5) is 0 Å². The van der Waals surface area contributed by atoms with Gasteiger partial charge in [0, 0.05) is 5.69 Å². The molecule has 60 valence electrons. The predicted octanol–water partition coefficient (Wildman–Crippen LogP) is -2.69. The number of carboxylic acid groups (broad SMARTS) is 1. The molecule has 1 heterocycles. The number of carboxylic acids is 1. The number of carbonyl (C=O) groups is 1. The van der Waals surface area contributed by atoms with Crippen LogP contribution in [0.5, 0.6) is 0 Å². The smallest absolute Gasteiger partial charge is 0.543 e. The first-order chi connectivity index (χ1) is 5.04. The molecule has 12 heavy (non-hydrogen) atoms. The number of rotatable bonds is 1. The first-order valence-corrected chi connectivity index (χ1v) is 3.41. The Morgan fingerprint density at radius 3 is 1.92 bits per heavy atom. The molecule has 0 aliphatic rings. The van der Waals surface area contributed by atoms with Gasteiger partial charge >= 0.3 is 51.4 Å². The van der Waals surface area contributed by atoms with Crippen LogP contribution in [0.3, 0.4) is 0 Å². The van der Waals surface area contributed by atoms with E-state index in [4.69, 9.17) is 0 Å². The molecule has 0 unspecified atom stereocenters. The number of aromatic amines is 1. The number of carbonyl (C=O) groups excluding carboxylic acids is 1. The average molecular weight is 191 g/mol. The van der Waals surface area contributed by atoms with Crippen molar-refractivity contribution in [1.82, 2.24) is 4.98 Å². The van der Waals surface area contributed by atoms with Gasteiger partial charge in [-0.05, 0) is 31.9 Å². The molecule has 1 rings (SSSR count). The van der Waals surface area contributed by atoms with Gasteiger partial charge in [0.2, 0.25) is 0 Å². The summed E-state index contributed by atoms with van der Waals surface area (Å²) in [7, 11) is 0. The molecule has 0 fully saturated rings. The molecule has 0 aliphatic heterocycles. The van der Waals surface area contributed by atoms with Crippen LogP contribution >= 0.6 is 0 Å². The summed E-state index contributed by atoms with van der Waals surface area (Å²) in [5.74, 6) is -1.14. The van der Waals surface area contributed by atoms with Crippen molar-refractivity contribution < 1.29 is 61.3 Å². The third-order valence-corrected chi connectivity index (χ3v) is 2.02. The van der Waals surface area contributed by atoms with Crippen molar-refractivity contribution in [2.75, 3.05) is 0 Å². The Bertz CT molecular complexity index is 304. The van der Waals surface area contributed by atoms with E-state index in [1.807, 2.05) is 13.8 Å². The molecule has 3 nitrogen and oxygen atoms in total. The Kier molecular flexibility index (Phi) is 4.72. The summed E-state index contributed by atoms with van der Waals surface area (Å²) in [5, 5.41) is 10.4. The molecule has 0 bridgehead atoms. The number of aryl methyl sites for hydroxylation is 1. The molecule has 0 aromatic carbocycles. The molecule has 0 saturated heterocycles. The van der Waals surface area contributed by atoms with Crippen LogP contribution in [0, 0.1) is 20.8 Å². The van der Waals surface area contributed by atoms with Crippen LogP contribution in [0.2, 0.25) is 0 Å². The van der Waals surface area contributed by atoms with Gasteiger partial charge in [0.25, 0.3) is 0 Å². The zero-order valence-corrected chi connectivity index (χ0v) is 10.9. The van der Waals surface area contributed by atoms with Crippen LogP contribution in [-0.4, -0.2) is 11.0 Å². The predicted molar refractivity (Wildman–Crippen MR) is 39.3 cm³/mol. The van der Waals surface area contributed by atoms with E-state index in [-0.39, 0.29) is 57.1 Å². The van der Waals surface area contributed by atoms with Crippen molar-refractivity contribution in [3.8, 4) is 0 Å². The summed E-state index contributed by atoms with van der Waals surface area (Å²) in [5.41, 5.74) is 2.84. The van der Waals surface area contributed by atoms with E-state index in [0.29, 0.717) is 0 Å². The van der Waals surface area contributed by atoms with E-state index >= 15 is 0 Å². The fraction of sp³-hybridized carbons (Fsp3) is 0.375. The summed E-state index contributed by atoms with van der Waals surface area (Å²) < 4.78 is 0. The summed E-state index contributed by atoms with van der Waals surface area (Å²) in [6, 6.07) is 0. The minimum atomic E-state index is -1.14. The standard InChI is InChI=1S/C8H11NO2.K/c1-4-5(2)7(8(10)11)9-6(4)3;/h9H,1-3H3,(H,10,11);/q;+1/p-1. The van der Waals surface area contributed by atoms with Crippen molar-refractivity contribution in [2.24, 2.45) is 0 Å². The average Bonchev–Trinajstić information content (AvgIpc) is 2.17. The molecular formula is C8H10KNO2. The Balaban J connectivity index is 0.00000121. The summed E-state index contributed by atoms with van der Waals surface area (Å²) >= 11 is 0. The van der Waals surface area contributed by atoms with Gasteiger partial charge < -0.3 is 14.9 Å². The zero-order chi connectivity index (χ0) is 8.59. The third kappa shape index (κ3) is 2.20. The largest absolute Gasteiger partial charge is 1.00 e. The SMILES string of the molecule is Cc1[nH]c(C(=O)[O-])c(C)c1C.[K+]. The van der Waals surface area contributed by atoms with Gasteiger partial charge in [-0.2, -0.15) is 0 Å². The van der Waals surface area contributed by atoms with E-state index in [1.54, 1.807) is 6.92 Å². The normalized spacial score (nSPS) is 9.25. The number of hydrogen-bond donors (Lipinski definition) is 1. The number of nitrogens with one attached hydrogen (secondary N) is 1. The molecule has 1 aromatic rings. The van der Waals surface area contributed by atoms with Crippen molar-refractivity contribution in [1.29, 1.82) is 0 Å². The molecule has 4 heteroatoms. The maximum atomic E-state index is 10.4. The molecule has 1 aromatic heterocycles. The number of aromatic nitrogens is 1. The molecular weight excluding hydrogens is 181 g/mol. The number of H-pyrrole nitrogens is 1. The van der Waals surface area contributed by atoms with Crippen molar-refractivity contribution in [3.63, 3.8) is 0 Å². The topological polar surface area (TPSA) is 55.9 Å². The number of hydrogen-bond acceptors (Lipinski definition) is 2. The van der Waals surface area contributed by atoms with Gasteiger partial charge in [0.05, 0.1) is 11.7 Å². The van der Waals surface area contributed by atoms with Crippen molar-refractivity contribution in [3.05, 3.63) is 22.5 Å². The van der Waals surface area contributed by atoms with Crippen LogP contribution < -0.4 is 56.5 Å². The number of aromatic carboxylic acids is 1. The Labute approximate surface area is 114 Å². The van der Waals surface area contributed by atoms with Gasteiger partial charge in [0.15, 0.2) is 0 Å². The first-order valence-electron chi connectivity index (χ1n) is 3.41. The second-order valence-electron chi connectivity index (χ2n) is 2.66. The molecule has 1 N–H and O–H groups in total. The fourth-order valence-corrected chi connectivity index (χ4v) is 1.05. The minimum absolute atomic E-state index is 0. The van der Waals surface area contributed by atoms with Gasteiger partial charge in [-0.3, -0.25) is 0 Å². The molecule has 0 radical (unpaired) electrons. The second kappa shape index (κ2) is 4.57. The Morgan fingerprint density at radius 1 is 1.25 bits per heavy atom. The van der Waals surface area contributed by atoms with Gasteiger partial charge in [-0.25, -0.2) is 0 Å². The fourth-order valence-electron chi connectivity index (χ4n) is 1.05. The zero-order valence-electron chi connectivity index (χ0n) is 7.82. The molecule has 0 spiro atoms. The molecule has 0 aliphatic carbocycles. The molecule has 0 atom stereocenters. The van der Waals surface area contributed by atoms with Gasteiger partial charge in [-0.1, -0.05) is 0 Å². The monoisotopic (exact) mass is 191 g/mol. The van der Waals surface area contributed by atoms with E-state index in [9.17, 15) is 9.90 Å².